The molecule has 14 heteroatoms. The highest BCUT2D eigenvalue weighted by Gasteiger charge is 2.52. The lowest BCUT2D eigenvalue weighted by Gasteiger charge is -2.44. The number of rotatable bonds is 10. The maximum absolute atomic E-state index is 11.7. The van der Waals surface area contributed by atoms with E-state index in [0.29, 0.717) is 0 Å². The lowest BCUT2D eigenvalue weighted by molar-refractivity contribution is -0.308. The van der Waals surface area contributed by atoms with Crippen molar-refractivity contribution in [2.45, 2.75) is 58.4 Å². The summed E-state index contributed by atoms with van der Waals surface area (Å²) in [6.45, 7) is 3.30. The predicted molar refractivity (Wildman–Crippen MR) is 98.7 cm³/mol. The first-order chi connectivity index (χ1) is 14.3. The Morgan fingerprint density at radius 3 is 1.77 bits per heavy atom. The molecule has 5 atom stereocenters. The average Bonchev–Trinajstić information content (AvgIpc) is 2.59. The van der Waals surface area contributed by atoms with Gasteiger partial charge >= 0.3 is 23.9 Å². The summed E-state index contributed by atoms with van der Waals surface area (Å²) in [5.74, 6) is -2.99. The predicted octanol–water partition coefficient (Wildman–Crippen LogP) is -0.938. The Morgan fingerprint density at radius 2 is 1.29 bits per heavy atom. The summed E-state index contributed by atoms with van der Waals surface area (Å²) in [6.07, 6.45) is -5.79. The molecule has 1 aliphatic heterocycles. The van der Waals surface area contributed by atoms with E-state index in [1.165, 1.54) is 0 Å². The van der Waals surface area contributed by atoms with Gasteiger partial charge in [0, 0.05) is 27.7 Å². The molecule has 13 nitrogen and oxygen atoms in total. The molecule has 0 aromatic carbocycles. The van der Waals surface area contributed by atoms with Crippen molar-refractivity contribution in [3.63, 3.8) is 0 Å². The van der Waals surface area contributed by atoms with Crippen molar-refractivity contribution in [1.82, 2.24) is 0 Å². The van der Waals surface area contributed by atoms with Gasteiger partial charge in [0.15, 0.2) is 24.6 Å². The summed E-state index contributed by atoms with van der Waals surface area (Å²) in [4.78, 5) is 46.1. The van der Waals surface area contributed by atoms with Crippen molar-refractivity contribution in [2.75, 3.05) is 26.1 Å². The highest BCUT2D eigenvalue weighted by Crippen LogP contribution is 2.29. The van der Waals surface area contributed by atoms with Gasteiger partial charge in [-0.05, 0) is 0 Å². The van der Waals surface area contributed by atoms with Crippen LogP contribution in [0.15, 0.2) is 0 Å². The van der Waals surface area contributed by atoms with Gasteiger partial charge in [-0.15, -0.1) is 0 Å². The number of ether oxygens (including phenoxy) is 6. The van der Waals surface area contributed by atoms with Crippen LogP contribution in [-0.4, -0.2) is 89.1 Å². The lowest BCUT2D eigenvalue weighted by atomic mass is 9.98. The summed E-state index contributed by atoms with van der Waals surface area (Å²) in [5.41, 5.74) is 0. The molecule has 0 amide bonds. The third-order valence-electron chi connectivity index (χ3n) is 3.61. The van der Waals surface area contributed by atoms with E-state index in [1.54, 1.807) is 0 Å². The van der Waals surface area contributed by atoms with E-state index >= 15 is 0 Å². The molecule has 0 saturated carbocycles. The topological polar surface area (TPSA) is 167 Å². The van der Waals surface area contributed by atoms with Crippen molar-refractivity contribution >= 4 is 34.0 Å². The van der Waals surface area contributed by atoms with Crippen molar-refractivity contribution in [3.8, 4) is 0 Å². The molecule has 1 rings (SSSR count). The third-order valence-corrected chi connectivity index (χ3v) is 4.21. The molecule has 1 aliphatic rings. The zero-order valence-corrected chi connectivity index (χ0v) is 18.5. The number of esters is 4. The number of hydrogen-bond donors (Lipinski definition) is 0. The first-order valence-corrected chi connectivity index (χ1v) is 10.9. The van der Waals surface area contributed by atoms with Gasteiger partial charge in [0.2, 0.25) is 0 Å². The first-order valence-electron chi connectivity index (χ1n) is 9.06. The van der Waals surface area contributed by atoms with Crippen molar-refractivity contribution in [2.24, 2.45) is 0 Å². The van der Waals surface area contributed by atoms with Crippen LogP contribution in [0.25, 0.3) is 0 Å². The van der Waals surface area contributed by atoms with E-state index in [1.807, 2.05) is 0 Å². The average molecular weight is 470 g/mol. The Labute approximate surface area is 179 Å². The monoisotopic (exact) mass is 470 g/mol. The number of hydrogen-bond acceptors (Lipinski definition) is 13. The van der Waals surface area contributed by atoms with E-state index < -0.39 is 71.3 Å². The molecule has 0 aliphatic carbocycles. The number of carbonyl (C=O) groups is 4. The van der Waals surface area contributed by atoms with E-state index in [4.69, 9.17) is 28.4 Å². The molecule has 0 radical (unpaired) electrons. The van der Waals surface area contributed by atoms with Gasteiger partial charge in [0.1, 0.15) is 12.7 Å². The second kappa shape index (κ2) is 11.9. The standard InChI is InChI=1S/C17H26O13S/c1-9(18)25-8-13-14(27-10(2)19)15(28-11(3)20)16(29-12(4)21)17(30-13)24-6-7-26-31(5,22)23/h13-17H,6-8H2,1-5H3/t13-,14+,15+,16-,17-/m1/s1. The van der Waals surface area contributed by atoms with E-state index in [9.17, 15) is 27.6 Å². The van der Waals surface area contributed by atoms with Gasteiger partial charge in [-0.25, -0.2) is 0 Å². The molecule has 0 bridgehead atoms. The van der Waals surface area contributed by atoms with Crippen LogP contribution in [-0.2, 0) is 61.9 Å². The van der Waals surface area contributed by atoms with Gasteiger partial charge in [-0.3, -0.25) is 23.4 Å². The molecule has 31 heavy (non-hydrogen) atoms. The van der Waals surface area contributed by atoms with Gasteiger partial charge < -0.3 is 28.4 Å². The molecular formula is C17H26O13S. The highest BCUT2D eigenvalue weighted by molar-refractivity contribution is 7.85. The van der Waals surface area contributed by atoms with Crippen LogP contribution in [0.2, 0.25) is 0 Å². The van der Waals surface area contributed by atoms with Crippen LogP contribution in [0, 0.1) is 0 Å². The lowest BCUT2D eigenvalue weighted by Crippen LogP contribution is -2.63. The Hall–Kier alpha value is -2.29. The summed E-state index contributed by atoms with van der Waals surface area (Å²) in [7, 11) is -3.73. The smallest absolute Gasteiger partial charge is 0.303 e. The normalized spacial score (nSPS) is 25.9. The fourth-order valence-corrected chi connectivity index (χ4v) is 3.04. The largest absolute Gasteiger partial charge is 0.463 e. The van der Waals surface area contributed by atoms with Gasteiger partial charge in [-0.1, -0.05) is 0 Å². The van der Waals surface area contributed by atoms with Gasteiger partial charge in [0.25, 0.3) is 10.1 Å². The van der Waals surface area contributed by atoms with Crippen LogP contribution in [0.3, 0.4) is 0 Å². The molecule has 178 valence electrons. The molecule has 0 unspecified atom stereocenters. The Kier molecular flexibility index (Phi) is 10.3. The zero-order valence-electron chi connectivity index (χ0n) is 17.7. The maximum Gasteiger partial charge on any atom is 0.303 e. The minimum Gasteiger partial charge on any atom is -0.463 e. The highest BCUT2D eigenvalue weighted by atomic mass is 32.2. The third kappa shape index (κ3) is 10.0. The van der Waals surface area contributed by atoms with Gasteiger partial charge in [-0.2, -0.15) is 8.42 Å². The molecule has 0 aromatic rings. The molecule has 1 saturated heterocycles. The molecule has 1 fully saturated rings. The minimum absolute atomic E-state index is 0.319. The quantitative estimate of drug-likeness (QED) is 0.166. The zero-order chi connectivity index (χ0) is 23.8. The van der Waals surface area contributed by atoms with E-state index in [2.05, 4.69) is 4.18 Å². The van der Waals surface area contributed by atoms with E-state index in [0.717, 1.165) is 34.0 Å². The van der Waals surface area contributed by atoms with Crippen LogP contribution >= 0.6 is 0 Å². The van der Waals surface area contributed by atoms with Crippen LogP contribution < -0.4 is 0 Å². The first kappa shape index (κ1) is 26.7. The van der Waals surface area contributed by atoms with Crippen molar-refractivity contribution in [3.05, 3.63) is 0 Å². The summed E-state index contributed by atoms with van der Waals surface area (Å²) in [6, 6.07) is 0. The maximum atomic E-state index is 11.7. The minimum atomic E-state index is -3.73. The van der Waals surface area contributed by atoms with Crippen molar-refractivity contribution in [1.29, 1.82) is 0 Å². The van der Waals surface area contributed by atoms with Crippen LogP contribution in [0.1, 0.15) is 27.7 Å². The molecule has 0 aromatic heterocycles. The van der Waals surface area contributed by atoms with Gasteiger partial charge in [0.05, 0.1) is 19.5 Å². The second-order valence-corrected chi connectivity index (χ2v) is 8.11. The fraction of sp³-hybridized carbons (Fsp3) is 0.765. The summed E-state index contributed by atoms with van der Waals surface area (Å²) < 4.78 is 58.3. The molecule has 0 spiro atoms. The molecule has 1 heterocycles. The summed E-state index contributed by atoms with van der Waals surface area (Å²) in [5, 5.41) is 0. The summed E-state index contributed by atoms with van der Waals surface area (Å²) >= 11 is 0. The molecular weight excluding hydrogens is 444 g/mol. The second-order valence-electron chi connectivity index (χ2n) is 6.46. The Balaban J connectivity index is 3.18. The van der Waals surface area contributed by atoms with E-state index in [-0.39, 0.29) is 13.2 Å². The fourth-order valence-electron chi connectivity index (χ4n) is 2.67. The van der Waals surface area contributed by atoms with Crippen LogP contribution in [0.4, 0.5) is 0 Å². The van der Waals surface area contributed by atoms with Crippen molar-refractivity contribution < 1.29 is 60.2 Å². The Bertz CT molecular complexity index is 762. The Morgan fingerprint density at radius 1 is 0.774 bits per heavy atom. The SMILES string of the molecule is CC(=O)OC[C@H]1O[C@@H](OCCOS(C)(=O)=O)[C@H](OC(C)=O)[C@@H](OC(C)=O)[C@H]1OC(C)=O. The van der Waals surface area contributed by atoms with Crippen LogP contribution in [0.5, 0.6) is 0 Å². The number of carbonyl (C=O) groups excluding carboxylic acids is 4. The molecule has 0 N–H and O–H groups in total.